The van der Waals surface area contributed by atoms with Crippen molar-refractivity contribution in [2.24, 2.45) is 0 Å². The van der Waals surface area contributed by atoms with Crippen LogP contribution in [0.15, 0.2) is 48.5 Å². The Balaban J connectivity index is 2.39. The van der Waals surface area contributed by atoms with Crippen LogP contribution in [0.4, 0.5) is 0 Å². The van der Waals surface area contributed by atoms with E-state index in [-0.39, 0.29) is 5.97 Å². The molecule has 1 unspecified atom stereocenters. The highest BCUT2D eigenvalue weighted by Crippen LogP contribution is 2.32. The van der Waals surface area contributed by atoms with E-state index in [4.69, 9.17) is 14.2 Å². The molecule has 0 bridgehead atoms. The highest BCUT2D eigenvalue weighted by atomic mass is 16.6. The molecule has 0 fully saturated rings. The van der Waals surface area contributed by atoms with E-state index in [1.54, 1.807) is 14.2 Å². The molecule has 134 valence electrons. The average Bonchev–Trinajstić information content (AvgIpc) is 2.58. The van der Waals surface area contributed by atoms with Gasteiger partial charge in [0.15, 0.2) is 0 Å². The van der Waals surface area contributed by atoms with Crippen LogP contribution in [-0.2, 0) is 16.0 Å². The minimum Gasteiger partial charge on any atom is -0.497 e. The van der Waals surface area contributed by atoms with Crippen LogP contribution >= 0.6 is 0 Å². The molecule has 0 heterocycles. The van der Waals surface area contributed by atoms with Crippen molar-refractivity contribution in [3.8, 4) is 11.5 Å². The molecule has 0 N–H and O–H groups in total. The number of para-hydroxylation sites is 1. The largest absolute Gasteiger partial charge is 0.497 e. The first-order valence-electron chi connectivity index (χ1n) is 8.32. The van der Waals surface area contributed by atoms with Gasteiger partial charge in [-0.05, 0) is 51.0 Å². The van der Waals surface area contributed by atoms with Crippen LogP contribution in [0.3, 0.4) is 0 Å². The van der Waals surface area contributed by atoms with Crippen molar-refractivity contribution in [2.75, 3.05) is 14.2 Å². The summed E-state index contributed by atoms with van der Waals surface area (Å²) in [7, 11) is 3.24. The first kappa shape index (κ1) is 18.8. The number of carbonyl (C=O) groups is 1. The normalized spacial score (nSPS) is 12.4. The number of methoxy groups -OCH3 is 2. The zero-order valence-electron chi connectivity index (χ0n) is 15.5. The monoisotopic (exact) mass is 342 g/mol. The molecular formula is C21H26O4. The number of ether oxygens (including phenoxy) is 3. The lowest BCUT2D eigenvalue weighted by Gasteiger charge is -2.25. The Labute approximate surface area is 149 Å². The first-order chi connectivity index (χ1) is 11.8. The summed E-state index contributed by atoms with van der Waals surface area (Å²) in [5.74, 6) is 0.726. The maximum absolute atomic E-state index is 12.9. The number of hydrogen-bond acceptors (Lipinski definition) is 4. The molecule has 25 heavy (non-hydrogen) atoms. The Hall–Kier alpha value is -2.49. The van der Waals surface area contributed by atoms with Crippen molar-refractivity contribution in [3.05, 3.63) is 59.7 Å². The Kier molecular flexibility index (Phi) is 6.07. The van der Waals surface area contributed by atoms with Crippen LogP contribution in [0.2, 0.25) is 0 Å². The van der Waals surface area contributed by atoms with Crippen molar-refractivity contribution < 1.29 is 19.0 Å². The Morgan fingerprint density at radius 1 is 1.00 bits per heavy atom. The Morgan fingerprint density at radius 3 is 2.36 bits per heavy atom. The highest BCUT2D eigenvalue weighted by molar-refractivity contribution is 5.80. The molecule has 2 aromatic rings. The fourth-order valence-electron chi connectivity index (χ4n) is 2.68. The van der Waals surface area contributed by atoms with Gasteiger partial charge in [-0.15, -0.1) is 0 Å². The maximum atomic E-state index is 12.9. The molecule has 0 saturated carbocycles. The number of benzene rings is 2. The summed E-state index contributed by atoms with van der Waals surface area (Å²) in [5, 5.41) is 0. The molecular weight excluding hydrogens is 316 g/mol. The van der Waals surface area contributed by atoms with Gasteiger partial charge in [-0.1, -0.05) is 30.3 Å². The second-order valence-corrected chi connectivity index (χ2v) is 6.88. The van der Waals surface area contributed by atoms with Crippen molar-refractivity contribution >= 4 is 5.97 Å². The minimum atomic E-state index is -0.550. The SMILES string of the molecule is COc1cccc(CC(C(=O)OC(C)(C)C)c2ccccc2OC)c1. The average molecular weight is 342 g/mol. The minimum absolute atomic E-state index is 0.264. The van der Waals surface area contributed by atoms with Crippen molar-refractivity contribution in [1.82, 2.24) is 0 Å². The van der Waals surface area contributed by atoms with Crippen LogP contribution in [0, 0.1) is 0 Å². The van der Waals surface area contributed by atoms with Crippen molar-refractivity contribution in [2.45, 2.75) is 38.7 Å². The summed E-state index contributed by atoms with van der Waals surface area (Å²) < 4.78 is 16.4. The summed E-state index contributed by atoms with van der Waals surface area (Å²) in [6.07, 6.45) is 0.506. The Morgan fingerprint density at radius 2 is 1.72 bits per heavy atom. The molecule has 0 aliphatic heterocycles. The molecule has 0 saturated heterocycles. The van der Waals surface area contributed by atoms with Crippen LogP contribution in [-0.4, -0.2) is 25.8 Å². The lowest BCUT2D eigenvalue weighted by atomic mass is 9.91. The van der Waals surface area contributed by atoms with Crippen LogP contribution in [0.5, 0.6) is 11.5 Å². The highest BCUT2D eigenvalue weighted by Gasteiger charge is 2.29. The standard InChI is InChI=1S/C21H26O4/c1-21(2,3)25-20(22)18(17-11-6-7-12-19(17)24-5)14-15-9-8-10-16(13-15)23-4/h6-13,18H,14H2,1-5H3. The predicted molar refractivity (Wildman–Crippen MR) is 98.3 cm³/mol. The molecule has 0 aliphatic carbocycles. The van der Waals surface area contributed by atoms with Gasteiger partial charge < -0.3 is 14.2 Å². The lowest BCUT2D eigenvalue weighted by molar-refractivity contribution is -0.156. The topological polar surface area (TPSA) is 44.8 Å². The van der Waals surface area contributed by atoms with Gasteiger partial charge in [0, 0.05) is 5.56 Å². The summed E-state index contributed by atoms with van der Waals surface area (Å²) in [6, 6.07) is 15.3. The van der Waals surface area contributed by atoms with E-state index in [1.165, 1.54) is 0 Å². The maximum Gasteiger partial charge on any atom is 0.314 e. The third-order valence-electron chi connectivity index (χ3n) is 3.78. The smallest absolute Gasteiger partial charge is 0.314 e. The van der Waals surface area contributed by atoms with Crippen LogP contribution in [0.1, 0.15) is 37.8 Å². The summed E-state index contributed by atoms with van der Waals surface area (Å²) in [4.78, 5) is 12.9. The quantitative estimate of drug-likeness (QED) is 0.731. The van der Waals surface area contributed by atoms with Gasteiger partial charge in [0.25, 0.3) is 0 Å². The first-order valence-corrected chi connectivity index (χ1v) is 8.32. The second kappa shape index (κ2) is 8.06. The van der Waals surface area contributed by atoms with E-state index >= 15 is 0 Å². The van der Waals surface area contributed by atoms with Gasteiger partial charge in [0.1, 0.15) is 17.1 Å². The molecule has 0 spiro atoms. The van der Waals surface area contributed by atoms with E-state index < -0.39 is 11.5 Å². The van der Waals surface area contributed by atoms with Gasteiger partial charge in [-0.25, -0.2) is 0 Å². The molecule has 0 aromatic heterocycles. The van der Waals surface area contributed by atoms with E-state index in [0.29, 0.717) is 12.2 Å². The number of carbonyl (C=O) groups excluding carboxylic acids is 1. The van der Waals surface area contributed by atoms with E-state index in [9.17, 15) is 4.79 Å². The number of rotatable bonds is 6. The van der Waals surface area contributed by atoms with Gasteiger partial charge in [-0.2, -0.15) is 0 Å². The molecule has 4 heteroatoms. The molecule has 0 radical (unpaired) electrons. The molecule has 0 aliphatic rings. The second-order valence-electron chi connectivity index (χ2n) is 6.88. The zero-order valence-corrected chi connectivity index (χ0v) is 15.5. The van der Waals surface area contributed by atoms with Crippen molar-refractivity contribution in [3.63, 3.8) is 0 Å². The van der Waals surface area contributed by atoms with Gasteiger partial charge in [0.2, 0.25) is 0 Å². The van der Waals surface area contributed by atoms with Crippen molar-refractivity contribution in [1.29, 1.82) is 0 Å². The van der Waals surface area contributed by atoms with Gasteiger partial charge in [0.05, 0.1) is 20.1 Å². The molecule has 2 aromatic carbocycles. The third-order valence-corrected chi connectivity index (χ3v) is 3.78. The van der Waals surface area contributed by atoms with Gasteiger partial charge >= 0.3 is 5.97 Å². The number of esters is 1. The molecule has 2 rings (SSSR count). The third kappa shape index (κ3) is 5.24. The fraction of sp³-hybridized carbons (Fsp3) is 0.381. The van der Waals surface area contributed by atoms with E-state index in [1.807, 2.05) is 69.3 Å². The summed E-state index contributed by atoms with van der Waals surface area (Å²) in [6.45, 7) is 5.61. The molecule has 4 nitrogen and oxygen atoms in total. The summed E-state index contributed by atoms with van der Waals surface area (Å²) >= 11 is 0. The number of hydrogen-bond donors (Lipinski definition) is 0. The fourth-order valence-corrected chi connectivity index (χ4v) is 2.68. The molecule has 0 amide bonds. The zero-order chi connectivity index (χ0) is 18.4. The lowest BCUT2D eigenvalue weighted by Crippen LogP contribution is -2.29. The van der Waals surface area contributed by atoms with Crippen LogP contribution in [0.25, 0.3) is 0 Å². The predicted octanol–water partition coefficient (Wildman–Crippen LogP) is 4.37. The van der Waals surface area contributed by atoms with Crippen LogP contribution < -0.4 is 9.47 Å². The van der Waals surface area contributed by atoms with E-state index in [2.05, 4.69) is 0 Å². The molecule has 1 atom stereocenters. The summed E-state index contributed by atoms with van der Waals surface area (Å²) in [5.41, 5.74) is 1.27. The Bertz CT molecular complexity index is 716. The van der Waals surface area contributed by atoms with Gasteiger partial charge in [-0.3, -0.25) is 4.79 Å². The van der Waals surface area contributed by atoms with E-state index in [0.717, 1.165) is 16.9 Å².